The van der Waals surface area contributed by atoms with Crippen molar-refractivity contribution in [3.8, 4) is 5.75 Å². The number of aromatic nitrogens is 1. The topological polar surface area (TPSA) is 99.7 Å². The van der Waals surface area contributed by atoms with Crippen molar-refractivity contribution in [3.63, 3.8) is 0 Å². The summed E-state index contributed by atoms with van der Waals surface area (Å²) in [6, 6.07) is 13.3. The zero-order chi connectivity index (χ0) is 22.1. The first-order valence-electron chi connectivity index (χ1n) is 10.1. The van der Waals surface area contributed by atoms with Gasteiger partial charge in [-0.2, -0.15) is 0 Å². The monoisotopic (exact) mass is 418 g/mol. The Kier molecular flexibility index (Phi) is 5.33. The number of ether oxygens (including phenoxy) is 1. The fraction of sp³-hybridized carbons (Fsp3) is 0.208. The van der Waals surface area contributed by atoms with Crippen LogP contribution in [0.2, 0.25) is 0 Å². The lowest BCUT2D eigenvalue weighted by molar-refractivity contribution is -0.139. The minimum atomic E-state index is -0.788. The number of para-hydroxylation sites is 1. The Hall–Kier alpha value is -3.87. The normalized spacial score (nSPS) is 18.0. The summed E-state index contributed by atoms with van der Waals surface area (Å²) in [5, 5.41) is 11.9. The molecular weight excluding hydrogens is 396 g/mol. The van der Waals surface area contributed by atoms with Crippen molar-refractivity contribution < 1.29 is 24.2 Å². The molecule has 0 radical (unpaired) electrons. The Morgan fingerprint density at radius 1 is 1.16 bits per heavy atom. The van der Waals surface area contributed by atoms with Crippen molar-refractivity contribution in [1.29, 1.82) is 0 Å². The molecule has 1 aromatic heterocycles. The molecule has 1 fully saturated rings. The van der Waals surface area contributed by atoms with E-state index in [1.165, 1.54) is 11.8 Å². The van der Waals surface area contributed by atoms with E-state index in [2.05, 4.69) is 4.98 Å². The first kappa shape index (κ1) is 20.4. The fourth-order valence-corrected chi connectivity index (χ4v) is 4.02. The highest BCUT2D eigenvalue weighted by molar-refractivity contribution is 6.46. The number of rotatable bonds is 5. The summed E-state index contributed by atoms with van der Waals surface area (Å²) in [5.41, 5.74) is 1.85. The number of amides is 1. The van der Waals surface area contributed by atoms with Crippen molar-refractivity contribution in [2.75, 3.05) is 6.54 Å². The number of aliphatic hydroxyl groups is 1. The van der Waals surface area contributed by atoms with Gasteiger partial charge in [0.15, 0.2) is 0 Å². The van der Waals surface area contributed by atoms with Crippen molar-refractivity contribution in [3.05, 3.63) is 71.4 Å². The molecule has 7 nitrogen and oxygen atoms in total. The van der Waals surface area contributed by atoms with Gasteiger partial charge in [0, 0.05) is 36.1 Å². The number of carbonyl (C=O) groups excluding carboxylic acids is 3. The van der Waals surface area contributed by atoms with Gasteiger partial charge >= 0.3 is 5.97 Å². The van der Waals surface area contributed by atoms with Gasteiger partial charge in [0.25, 0.3) is 11.7 Å². The number of fused-ring (bicyclic) bond motifs is 1. The van der Waals surface area contributed by atoms with Gasteiger partial charge in [-0.3, -0.25) is 14.4 Å². The maximum atomic E-state index is 13.0. The van der Waals surface area contributed by atoms with Gasteiger partial charge in [-0.05, 0) is 30.2 Å². The predicted octanol–water partition coefficient (Wildman–Crippen LogP) is 3.92. The number of nitrogens with one attached hydrogen (secondary N) is 1. The van der Waals surface area contributed by atoms with Gasteiger partial charge < -0.3 is 19.7 Å². The van der Waals surface area contributed by atoms with E-state index in [9.17, 15) is 19.5 Å². The molecule has 3 aromatic rings. The molecule has 1 aliphatic heterocycles. The molecule has 1 saturated heterocycles. The first-order chi connectivity index (χ1) is 14.9. The van der Waals surface area contributed by atoms with Crippen LogP contribution in [0.3, 0.4) is 0 Å². The highest BCUT2D eigenvalue weighted by Gasteiger charge is 2.46. The molecular formula is C24H22N2O5. The van der Waals surface area contributed by atoms with E-state index < -0.39 is 23.7 Å². The highest BCUT2D eigenvalue weighted by atomic mass is 16.5. The smallest absolute Gasteiger partial charge is 0.308 e. The van der Waals surface area contributed by atoms with Crippen LogP contribution in [0.4, 0.5) is 0 Å². The summed E-state index contributed by atoms with van der Waals surface area (Å²) in [4.78, 5) is 41.7. The summed E-state index contributed by atoms with van der Waals surface area (Å²) >= 11 is 0. The quantitative estimate of drug-likeness (QED) is 0.215. The van der Waals surface area contributed by atoms with Gasteiger partial charge in [-0.15, -0.1) is 0 Å². The second kappa shape index (κ2) is 8.10. The van der Waals surface area contributed by atoms with Crippen LogP contribution in [-0.4, -0.2) is 39.2 Å². The first-order valence-corrected chi connectivity index (χ1v) is 10.1. The van der Waals surface area contributed by atoms with Crippen LogP contribution in [0.1, 0.15) is 37.4 Å². The molecule has 1 aliphatic rings. The maximum Gasteiger partial charge on any atom is 0.308 e. The molecule has 0 saturated carbocycles. The molecule has 1 atom stereocenters. The highest BCUT2D eigenvalue weighted by Crippen LogP contribution is 2.41. The van der Waals surface area contributed by atoms with Gasteiger partial charge in [0.2, 0.25) is 0 Å². The fourth-order valence-electron chi connectivity index (χ4n) is 4.02. The molecule has 2 heterocycles. The molecule has 158 valence electrons. The Bertz CT molecular complexity index is 1220. The van der Waals surface area contributed by atoms with E-state index in [4.69, 9.17) is 4.74 Å². The van der Waals surface area contributed by atoms with E-state index in [1.54, 1.807) is 30.5 Å². The molecule has 7 heteroatoms. The Morgan fingerprint density at radius 3 is 2.68 bits per heavy atom. The molecule has 1 amide bonds. The number of Topliss-reactive ketones (excluding diaryl/α,β-unsaturated/α-hetero) is 1. The van der Waals surface area contributed by atoms with Crippen LogP contribution >= 0.6 is 0 Å². The molecule has 31 heavy (non-hydrogen) atoms. The number of ketones is 1. The lowest BCUT2D eigenvalue weighted by atomic mass is 9.95. The van der Waals surface area contributed by atoms with Gasteiger partial charge in [-0.1, -0.05) is 37.3 Å². The van der Waals surface area contributed by atoms with Gasteiger partial charge in [-0.25, -0.2) is 0 Å². The summed E-state index contributed by atoms with van der Waals surface area (Å²) in [6.07, 6.45) is 2.26. The third-order valence-corrected chi connectivity index (χ3v) is 5.28. The number of nitrogens with zero attached hydrogens (tertiary/aromatic N) is 1. The van der Waals surface area contributed by atoms with Crippen LogP contribution < -0.4 is 4.74 Å². The van der Waals surface area contributed by atoms with Crippen molar-refractivity contribution >= 4 is 34.3 Å². The standard InChI is InChI=1S/C24H22N2O5/c1-3-11-26-21(15-7-6-8-16(12-15)31-14(2)27)20(23(29)24(26)30)22(28)18-13-25-19-10-5-4-9-17(18)19/h4-10,12-13,21,25,28H,3,11H2,1-2H3/b22-20-. The van der Waals surface area contributed by atoms with Crippen LogP contribution in [0.5, 0.6) is 5.75 Å². The number of benzene rings is 2. The molecule has 2 N–H and O–H groups in total. The van der Waals surface area contributed by atoms with Crippen LogP contribution in [-0.2, 0) is 14.4 Å². The number of carbonyl (C=O) groups is 3. The summed E-state index contributed by atoms with van der Waals surface area (Å²) in [5.74, 6) is -1.81. The van der Waals surface area contributed by atoms with E-state index in [1.807, 2.05) is 31.2 Å². The van der Waals surface area contributed by atoms with E-state index in [-0.39, 0.29) is 11.3 Å². The number of aromatic amines is 1. The molecule has 0 spiro atoms. The van der Waals surface area contributed by atoms with Crippen molar-refractivity contribution in [2.24, 2.45) is 0 Å². The number of hydrogen-bond acceptors (Lipinski definition) is 5. The third-order valence-electron chi connectivity index (χ3n) is 5.28. The molecule has 4 rings (SSSR count). The number of H-pyrrole nitrogens is 1. The zero-order valence-electron chi connectivity index (χ0n) is 17.2. The van der Waals surface area contributed by atoms with E-state index in [0.717, 1.165) is 10.9 Å². The molecule has 0 bridgehead atoms. The second-order valence-electron chi connectivity index (χ2n) is 7.41. The zero-order valence-corrected chi connectivity index (χ0v) is 17.2. The Morgan fingerprint density at radius 2 is 1.94 bits per heavy atom. The maximum absolute atomic E-state index is 13.0. The lowest BCUT2D eigenvalue weighted by Crippen LogP contribution is -2.30. The van der Waals surface area contributed by atoms with Crippen LogP contribution in [0.25, 0.3) is 16.7 Å². The lowest BCUT2D eigenvalue weighted by Gasteiger charge is -2.25. The predicted molar refractivity (Wildman–Crippen MR) is 115 cm³/mol. The van der Waals surface area contributed by atoms with Crippen molar-refractivity contribution in [2.45, 2.75) is 26.3 Å². The summed E-state index contributed by atoms with van der Waals surface area (Å²) in [7, 11) is 0. The molecule has 2 aromatic carbocycles. The van der Waals surface area contributed by atoms with Crippen LogP contribution in [0, 0.1) is 0 Å². The number of likely N-dealkylation sites (tertiary alicyclic amines) is 1. The Balaban J connectivity index is 1.90. The average Bonchev–Trinajstić information content (AvgIpc) is 3.28. The number of aliphatic hydroxyl groups excluding tert-OH is 1. The van der Waals surface area contributed by atoms with Crippen LogP contribution in [0.15, 0.2) is 60.3 Å². The number of hydrogen-bond donors (Lipinski definition) is 2. The van der Waals surface area contributed by atoms with E-state index in [0.29, 0.717) is 29.8 Å². The third kappa shape index (κ3) is 3.59. The summed E-state index contributed by atoms with van der Waals surface area (Å²) in [6.45, 7) is 3.55. The largest absolute Gasteiger partial charge is 0.507 e. The number of esters is 1. The SMILES string of the molecule is CCCN1C(=O)C(=O)/C(=C(\O)c2c[nH]c3ccccc23)C1c1cccc(OC(C)=O)c1. The minimum absolute atomic E-state index is 0.0168. The molecule has 0 aliphatic carbocycles. The second-order valence-corrected chi connectivity index (χ2v) is 7.41. The van der Waals surface area contributed by atoms with Crippen molar-refractivity contribution in [1.82, 2.24) is 9.88 Å². The van der Waals surface area contributed by atoms with Gasteiger partial charge in [0.05, 0.1) is 11.6 Å². The Labute approximate surface area is 178 Å². The summed E-state index contributed by atoms with van der Waals surface area (Å²) < 4.78 is 5.18. The van der Waals surface area contributed by atoms with Gasteiger partial charge in [0.1, 0.15) is 11.5 Å². The van der Waals surface area contributed by atoms with E-state index >= 15 is 0 Å². The average molecular weight is 418 g/mol. The molecule has 1 unspecified atom stereocenters. The minimum Gasteiger partial charge on any atom is -0.507 e.